The van der Waals surface area contributed by atoms with Gasteiger partial charge in [0.2, 0.25) is 0 Å². The van der Waals surface area contributed by atoms with Gasteiger partial charge in [-0.2, -0.15) is 0 Å². The molecule has 15 heavy (non-hydrogen) atoms. The zero-order chi connectivity index (χ0) is 11.7. The van der Waals surface area contributed by atoms with Crippen LogP contribution in [0.4, 0.5) is 4.79 Å². The summed E-state index contributed by atoms with van der Waals surface area (Å²) in [5, 5.41) is 11.8. The summed E-state index contributed by atoms with van der Waals surface area (Å²) in [6, 6.07) is 0.150. The van der Waals surface area contributed by atoms with Crippen LogP contribution in [0.5, 0.6) is 0 Å². The zero-order valence-electron chi connectivity index (χ0n) is 9.96. The monoisotopic (exact) mass is 215 g/mol. The summed E-state index contributed by atoms with van der Waals surface area (Å²) in [5.41, 5.74) is -0.464. The van der Waals surface area contributed by atoms with Crippen molar-refractivity contribution in [1.82, 2.24) is 5.32 Å². The Kier molecular flexibility index (Phi) is 3.28. The molecule has 0 aromatic carbocycles. The molecule has 1 fully saturated rings. The number of amides is 1. The van der Waals surface area contributed by atoms with Crippen molar-refractivity contribution < 1.29 is 14.6 Å². The molecule has 0 bridgehead atoms. The van der Waals surface area contributed by atoms with Crippen molar-refractivity contribution in [3.05, 3.63) is 0 Å². The number of ether oxygens (including phenoxy) is 1. The Hall–Kier alpha value is -0.770. The van der Waals surface area contributed by atoms with Crippen molar-refractivity contribution in [2.24, 2.45) is 5.41 Å². The van der Waals surface area contributed by atoms with Gasteiger partial charge in [0.05, 0.1) is 0 Å². The van der Waals surface area contributed by atoms with Crippen LogP contribution in [0.1, 0.15) is 40.5 Å². The summed E-state index contributed by atoms with van der Waals surface area (Å²) in [5.74, 6) is 0. The summed E-state index contributed by atoms with van der Waals surface area (Å²) in [7, 11) is 0. The molecule has 0 aliphatic heterocycles. The van der Waals surface area contributed by atoms with E-state index in [-0.39, 0.29) is 24.2 Å². The summed E-state index contributed by atoms with van der Waals surface area (Å²) in [6.07, 6.45) is 1.28. The van der Waals surface area contributed by atoms with E-state index in [2.05, 4.69) is 5.32 Å². The highest BCUT2D eigenvalue weighted by Gasteiger charge is 2.40. The van der Waals surface area contributed by atoms with Crippen LogP contribution in [-0.2, 0) is 4.74 Å². The highest BCUT2D eigenvalue weighted by atomic mass is 16.6. The molecule has 0 spiro atoms. The van der Waals surface area contributed by atoms with Crippen molar-refractivity contribution in [1.29, 1.82) is 0 Å². The van der Waals surface area contributed by atoms with E-state index in [9.17, 15) is 4.79 Å². The van der Waals surface area contributed by atoms with Gasteiger partial charge in [0.1, 0.15) is 5.60 Å². The minimum Gasteiger partial charge on any atom is -0.444 e. The number of nitrogens with one attached hydrogen (secondary N) is 1. The standard InChI is InChI=1S/C11H21NO3/c1-10(2,3)15-9(14)12-8-5-11(4,6-8)7-13/h8,13H,5-7H2,1-4H3,(H,12,14). The summed E-state index contributed by atoms with van der Waals surface area (Å²) >= 11 is 0. The average molecular weight is 215 g/mol. The maximum atomic E-state index is 11.4. The first kappa shape index (κ1) is 12.3. The van der Waals surface area contributed by atoms with Crippen molar-refractivity contribution >= 4 is 6.09 Å². The largest absolute Gasteiger partial charge is 0.444 e. The number of carbonyl (C=O) groups is 1. The molecule has 0 heterocycles. The lowest BCUT2D eigenvalue weighted by atomic mass is 9.67. The third-order valence-corrected chi connectivity index (χ3v) is 2.58. The molecule has 0 radical (unpaired) electrons. The Morgan fingerprint density at radius 2 is 2.07 bits per heavy atom. The lowest BCUT2D eigenvalue weighted by Crippen LogP contribution is -2.51. The third kappa shape index (κ3) is 3.70. The van der Waals surface area contributed by atoms with Crippen LogP contribution >= 0.6 is 0 Å². The van der Waals surface area contributed by atoms with Crippen LogP contribution in [0.25, 0.3) is 0 Å². The zero-order valence-corrected chi connectivity index (χ0v) is 9.96. The van der Waals surface area contributed by atoms with E-state index in [0.29, 0.717) is 0 Å². The quantitative estimate of drug-likeness (QED) is 0.736. The highest BCUT2D eigenvalue weighted by Crippen LogP contribution is 2.39. The predicted octanol–water partition coefficient (Wildman–Crippen LogP) is 1.67. The second-order valence-electron chi connectivity index (χ2n) is 5.72. The first-order chi connectivity index (χ1) is 6.74. The molecular formula is C11H21NO3. The van der Waals surface area contributed by atoms with Crippen LogP contribution in [0.2, 0.25) is 0 Å². The highest BCUT2D eigenvalue weighted by molar-refractivity contribution is 5.68. The Morgan fingerprint density at radius 3 is 2.47 bits per heavy atom. The topological polar surface area (TPSA) is 58.6 Å². The maximum absolute atomic E-state index is 11.4. The van der Waals surface area contributed by atoms with Crippen LogP contribution in [-0.4, -0.2) is 29.4 Å². The van der Waals surface area contributed by atoms with E-state index < -0.39 is 5.60 Å². The minimum atomic E-state index is -0.450. The molecule has 1 amide bonds. The van der Waals surface area contributed by atoms with Gasteiger partial charge in [0.25, 0.3) is 0 Å². The Balaban J connectivity index is 2.25. The van der Waals surface area contributed by atoms with Gasteiger partial charge in [0.15, 0.2) is 0 Å². The SMILES string of the molecule is CC1(CO)CC(NC(=O)OC(C)(C)C)C1. The Labute approximate surface area is 91.0 Å². The van der Waals surface area contributed by atoms with Gasteiger partial charge in [-0.25, -0.2) is 4.79 Å². The summed E-state index contributed by atoms with van der Waals surface area (Å²) in [4.78, 5) is 11.4. The van der Waals surface area contributed by atoms with E-state index in [4.69, 9.17) is 9.84 Å². The molecule has 1 saturated carbocycles. The molecule has 0 saturated heterocycles. The first-order valence-corrected chi connectivity index (χ1v) is 5.34. The molecule has 0 aromatic heterocycles. The van der Waals surface area contributed by atoms with Gasteiger partial charge in [-0.05, 0) is 39.0 Å². The molecule has 0 aromatic rings. The fourth-order valence-electron chi connectivity index (χ4n) is 1.84. The van der Waals surface area contributed by atoms with Crippen LogP contribution in [0.15, 0.2) is 0 Å². The van der Waals surface area contributed by atoms with Gasteiger partial charge in [-0.3, -0.25) is 0 Å². The Morgan fingerprint density at radius 1 is 1.53 bits per heavy atom. The number of aliphatic hydroxyl groups excluding tert-OH is 1. The third-order valence-electron chi connectivity index (χ3n) is 2.58. The molecule has 88 valence electrons. The number of hydrogen-bond donors (Lipinski definition) is 2. The first-order valence-electron chi connectivity index (χ1n) is 5.34. The van der Waals surface area contributed by atoms with Crippen molar-refractivity contribution in [2.75, 3.05) is 6.61 Å². The van der Waals surface area contributed by atoms with Crippen molar-refractivity contribution in [3.63, 3.8) is 0 Å². The van der Waals surface area contributed by atoms with E-state index in [1.165, 1.54) is 0 Å². The summed E-state index contributed by atoms with van der Waals surface area (Å²) in [6.45, 7) is 7.71. The van der Waals surface area contributed by atoms with E-state index in [0.717, 1.165) is 12.8 Å². The molecule has 2 N–H and O–H groups in total. The van der Waals surface area contributed by atoms with E-state index in [1.807, 2.05) is 27.7 Å². The number of alkyl carbamates (subject to hydrolysis) is 1. The van der Waals surface area contributed by atoms with Crippen LogP contribution in [0.3, 0.4) is 0 Å². The van der Waals surface area contributed by atoms with Crippen molar-refractivity contribution in [3.8, 4) is 0 Å². The smallest absolute Gasteiger partial charge is 0.407 e. The predicted molar refractivity (Wildman–Crippen MR) is 57.6 cm³/mol. The second-order valence-corrected chi connectivity index (χ2v) is 5.72. The molecule has 4 nitrogen and oxygen atoms in total. The number of rotatable bonds is 2. The molecule has 1 rings (SSSR count). The number of carbonyl (C=O) groups excluding carboxylic acids is 1. The van der Waals surface area contributed by atoms with Gasteiger partial charge in [-0.1, -0.05) is 6.92 Å². The van der Waals surface area contributed by atoms with Gasteiger partial charge >= 0.3 is 6.09 Å². The van der Waals surface area contributed by atoms with Crippen LogP contribution < -0.4 is 5.32 Å². The van der Waals surface area contributed by atoms with Gasteiger partial charge < -0.3 is 15.2 Å². The fraction of sp³-hybridized carbons (Fsp3) is 0.909. The molecule has 1 aliphatic carbocycles. The maximum Gasteiger partial charge on any atom is 0.407 e. The average Bonchev–Trinajstić information content (AvgIpc) is 1.97. The van der Waals surface area contributed by atoms with Crippen LogP contribution in [0, 0.1) is 5.41 Å². The lowest BCUT2D eigenvalue weighted by molar-refractivity contribution is 0.0148. The number of hydrogen-bond acceptors (Lipinski definition) is 3. The summed E-state index contributed by atoms with van der Waals surface area (Å²) < 4.78 is 5.13. The molecule has 0 unspecified atom stereocenters. The van der Waals surface area contributed by atoms with Crippen molar-refractivity contribution in [2.45, 2.75) is 52.2 Å². The normalized spacial score (nSPS) is 30.6. The molecular weight excluding hydrogens is 194 g/mol. The van der Waals surface area contributed by atoms with E-state index in [1.54, 1.807) is 0 Å². The fourth-order valence-corrected chi connectivity index (χ4v) is 1.84. The molecule has 1 aliphatic rings. The second kappa shape index (κ2) is 4.00. The molecule has 0 atom stereocenters. The van der Waals surface area contributed by atoms with Gasteiger partial charge in [0, 0.05) is 12.6 Å². The van der Waals surface area contributed by atoms with Gasteiger partial charge in [-0.15, -0.1) is 0 Å². The lowest BCUT2D eigenvalue weighted by Gasteiger charge is -2.44. The minimum absolute atomic E-state index is 0.0142. The number of aliphatic hydroxyl groups is 1. The molecule has 4 heteroatoms. The Bertz CT molecular complexity index is 239. The van der Waals surface area contributed by atoms with E-state index >= 15 is 0 Å².